The minimum atomic E-state index is 0.300. The van der Waals surface area contributed by atoms with Crippen LogP contribution in [-0.2, 0) is 11.3 Å². The van der Waals surface area contributed by atoms with Crippen LogP contribution in [0.2, 0.25) is 0 Å². The average Bonchev–Trinajstić information content (AvgIpc) is 3.36. The maximum atomic E-state index is 5.91. The molecule has 0 amide bonds. The Hall–Kier alpha value is -1.69. The minimum absolute atomic E-state index is 0.300. The molecule has 2 N–H and O–H groups in total. The summed E-state index contributed by atoms with van der Waals surface area (Å²) in [5, 5.41) is 10.9. The molecular weight excluding hydrogens is 300 g/mol. The summed E-state index contributed by atoms with van der Waals surface area (Å²) in [7, 11) is 0. The van der Waals surface area contributed by atoms with E-state index in [9.17, 15) is 0 Å². The third-order valence-corrected chi connectivity index (χ3v) is 4.98. The largest absolute Gasteiger partial charge is 0.374 e. The van der Waals surface area contributed by atoms with Crippen molar-refractivity contribution in [2.45, 2.75) is 38.5 Å². The highest BCUT2D eigenvalue weighted by Crippen LogP contribution is 2.28. The first kappa shape index (κ1) is 15.8. The molecule has 1 atom stereocenters. The van der Waals surface area contributed by atoms with Gasteiger partial charge in [-0.3, -0.25) is 10.00 Å². The molecular formula is C19H26N4O. The molecule has 2 aromatic rings. The summed E-state index contributed by atoms with van der Waals surface area (Å²) in [6.45, 7) is 6.83. The topological polar surface area (TPSA) is 53.2 Å². The lowest BCUT2D eigenvalue weighted by atomic mass is 10.1. The molecule has 2 fully saturated rings. The summed E-state index contributed by atoms with van der Waals surface area (Å²) in [4.78, 5) is 2.59. The first-order valence-corrected chi connectivity index (χ1v) is 8.95. The smallest absolute Gasteiger partial charge is 0.0826 e. The van der Waals surface area contributed by atoms with Gasteiger partial charge in [0.25, 0.3) is 0 Å². The van der Waals surface area contributed by atoms with Crippen molar-refractivity contribution in [3.63, 3.8) is 0 Å². The van der Waals surface area contributed by atoms with Crippen molar-refractivity contribution in [2.75, 3.05) is 26.2 Å². The molecule has 1 unspecified atom stereocenters. The van der Waals surface area contributed by atoms with Gasteiger partial charge in [-0.2, -0.15) is 5.10 Å². The molecule has 0 spiro atoms. The van der Waals surface area contributed by atoms with Gasteiger partial charge in [0.2, 0.25) is 0 Å². The molecule has 4 rings (SSSR count). The van der Waals surface area contributed by atoms with Gasteiger partial charge in [0.1, 0.15) is 0 Å². The van der Waals surface area contributed by atoms with E-state index in [1.807, 2.05) is 6.20 Å². The molecule has 5 nitrogen and oxygen atoms in total. The Balaban J connectivity index is 1.32. The zero-order chi connectivity index (χ0) is 16.4. The van der Waals surface area contributed by atoms with Crippen molar-refractivity contribution in [3.05, 3.63) is 41.6 Å². The van der Waals surface area contributed by atoms with Gasteiger partial charge in [-0.1, -0.05) is 29.8 Å². The van der Waals surface area contributed by atoms with Crippen LogP contribution >= 0.6 is 0 Å². The Morgan fingerprint density at radius 2 is 2.12 bits per heavy atom. The molecule has 1 aliphatic carbocycles. The van der Waals surface area contributed by atoms with Gasteiger partial charge in [-0.05, 0) is 25.3 Å². The number of morpholine rings is 1. The quantitative estimate of drug-likeness (QED) is 0.855. The molecule has 24 heavy (non-hydrogen) atoms. The second kappa shape index (κ2) is 7.05. The second-order valence-electron chi connectivity index (χ2n) is 6.99. The zero-order valence-electron chi connectivity index (χ0n) is 14.3. The lowest BCUT2D eigenvalue weighted by Crippen LogP contribution is -2.47. The normalized spacial score (nSPS) is 22.0. The summed E-state index contributed by atoms with van der Waals surface area (Å²) >= 11 is 0. The molecule has 128 valence electrons. The van der Waals surface area contributed by atoms with Gasteiger partial charge in [0.05, 0.1) is 24.6 Å². The van der Waals surface area contributed by atoms with E-state index < -0.39 is 0 Å². The van der Waals surface area contributed by atoms with Crippen LogP contribution in [-0.4, -0.2) is 53.5 Å². The van der Waals surface area contributed by atoms with E-state index in [-0.39, 0.29) is 0 Å². The van der Waals surface area contributed by atoms with Gasteiger partial charge in [-0.25, -0.2) is 0 Å². The molecule has 1 aromatic heterocycles. The number of aromatic nitrogens is 2. The lowest BCUT2D eigenvalue weighted by molar-refractivity contribution is -0.0301. The molecule has 1 aliphatic heterocycles. The van der Waals surface area contributed by atoms with Gasteiger partial charge >= 0.3 is 0 Å². The van der Waals surface area contributed by atoms with Crippen LogP contribution in [0.5, 0.6) is 0 Å². The van der Waals surface area contributed by atoms with Crippen LogP contribution in [0, 0.1) is 6.92 Å². The standard InChI is InChI=1S/C19H26N4O/c1-14-2-4-15(5-3-14)19-16(11-21-22-19)10-20-12-18-13-23(8-9-24-18)17-6-7-17/h2-5,11,17-18,20H,6-10,12-13H2,1H3,(H,21,22). The van der Waals surface area contributed by atoms with E-state index in [1.165, 1.54) is 29.5 Å². The van der Waals surface area contributed by atoms with Crippen LogP contribution in [0.25, 0.3) is 11.3 Å². The van der Waals surface area contributed by atoms with E-state index in [2.05, 4.69) is 51.6 Å². The minimum Gasteiger partial charge on any atom is -0.374 e. The fraction of sp³-hybridized carbons (Fsp3) is 0.526. The summed E-state index contributed by atoms with van der Waals surface area (Å²) in [6, 6.07) is 9.39. The highest BCUT2D eigenvalue weighted by molar-refractivity contribution is 5.62. The molecule has 1 aromatic carbocycles. The lowest BCUT2D eigenvalue weighted by Gasteiger charge is -2.33. The number of hydrogen-bond acceptors (Lipinski definition) is 4. The average molecular weight is 326 g/mol. The third kappa shape index (κ3) is 3.69. The van der Waals surface area contributed by atoms with Crippen LogP contribution in [0.15, 0.2) is 30.5 Å². The van der Waals surface area contributed by atoms with Crippen LogP contribution in [0.4, 0.5) is 0 Å². The molecule has 5 heteroatoms. The molecule has 0 bridgehead atoms. The number of rotatable bonds is 6. The predicted molar refractivity (Wildman–Crippen MR) is 94.8 cm³/mol. The number of aromatic amines is 1. The van der Waals surface area contributed by atoms with Crippen LogP contribution in [0.1, 0.15) is 24.0 Å². The molecule has 2 aliphatic rings. The van der Waals surface area contributed by atoms with Gasteiger partial charge < -0.3 is 10.1 Å². The predicted octanol–water partition coefficient (Wildman–Crippen LogP) is 2.34. The van der Waals surface area contributed by atoms with Crippen molar-refractivity contribution in [1.29, 1.82) is 0 Å². The van der Waals surface area contributed by atoms with Crippen molar-refractivity contribution < 1.29 is 4.74 Å². The van der Waals surface area contributed by atoms with Crippen molar-refractivity contribution in [3.8, 4) is 11.3 Å². The fourth-order valence-corrected chi connectivity index (χ4v) is 3.42. The van der Waals surface area contributed by atoms with Crippen molar-refractivity contribution in [2.24, 2.45) is 0 Å². The molecule has 1 saturated heterocycles. The molecule has 1 saturated carbocycles. The highest BCUT2D eigenvalue weighted by Gasteiger charge is 2.32. The first-order valence-electron chi connectivity index (χ1n) is 8.95. The molecule has 0 radical (unpaired) electrons. The number of nitrogens with zero attached hydrogens (tertiary/aromatic N) is 2. The van der Waals surface area contributed by atoms with Gasteiger partial charge in [-0.15, -0.1) is 0 Å². The highest BCUT2D eigenvalue weighted by atomic mass is 16.5. The van der Waals surface area contributed by atoms with E-state index >= 15 is 0 Å². The zero-order valence-corrected chi connectivity index (χ0v) is 14.3. The SMILES string of the molecule is Cc1ccc(-c2[nH]ncc2CNCC2CN(C3CC3)CCO2)cc1. The number of H-pyrrole nitrogens is 1. The maximum Gasteiger partial charge on any atom is 0.0826 e. The summed E-state index contributed by atoms with van der Waals surface area (Å²) in [5.74, 6) is 0. The number of nitrogens with one attached hydrogen (secondary N) is 2. The number of benzene rings is 1. The number of hydrogen-bond donors (Lipinski definition) is 2. The number of aryl methyl sites for hydroxylation is 1. The monoisotopic (exact) mass is 326 g/mol. The fourth-order valence-electron chi connectivity index (χ4n) is 3.42. The Morgan fingerprint density at radius 1 is 1.29 bits per heavy atom. The first-order chi connectivity index (χ1) is 11.8. The van der Waals surface area contributed by atoms with Crippen LogP contribution in [0.3, 0.4) is 0 Å². The second-order valence-corrected chi connectivity index (χ2v) is 6.99. The van der Waals surface area contributed by atoms with Gasteiger partial charge in [0.15, 0.2) is 0 Å². The summed E-state index contributed by atoms with van der Waals surface area (Å²) in [5.41, 5.74) is 4.76. The molecule has 2 heterocycles. The van der Waals surface area contributed by atoms with E-state index in [1.54, 1.807) is 0 Å². The Labute approximate surface area is 143 Å². The van der Waals surface area contributed by atoms with E-state index in [0.29, 0.717) is 6.10 Å². The Kier molecular flexibility index (Phi) is 4.65. The van der Waals surface area contributed by atoms with Crippen molar-refractivity contribution in [1.82, 2.24) is 20.4 Å². The van der Waals surface area contributed by atoms with Crippen LogP contribution < -0.4 is 5.32 Å². The Morgan fingerprint density at radius 3 is 2.92 bits per heavy atom. The van der Waals surface area contributed by atoms with Crippen molar-refractivity contribution >= 4 is 0 Å². The third-order valence-electron chi connectivity index (χ3n) is 4.98. The van der Waals surface area contributed by atoms with Gasteiger partial charge in [0, 0.05) is 37.8 Å². The maximum absolute atomic E-state index is 5.91. The van der Waals surface area contributed by atoms with E-state index in [0.717, 1.165) is 44.5 Å². The Bertz CT molecular complexity index is 662. The summed E-state index contributed by atoms with van der Waals surface area (Å²) < 4.78 is 5.91. The van der Waals surface area contributed by atoms with E-state index in [4.69, 9.17) is 4.74 Å². The number of ether oxygens (including phenoxy) is 1. The summed E-state index contributed by atoms with van der Waals surface area (Å²) in [6.07, 6.45) is 4.96.